The summed E-state index contributed by atoms with van der Waals surface area (Å²) in [7, 11) is 0. The number of Topliss-reactive ketones (excluding diaryl/α,β-unsaturated/α-hetero) is 1. The van der Waals surface area contributed by atoms with Crippen molar-refractivity contribution < 1.29 is 14.3 Å². The van der Waals surface area contributed by atoms with Gasteiger partial charge in [-0.2, -0.15) is 0 Å². The second kappa shape index (κ2) is 7.20. The Morgan fingerprint density at radius 2 is 1.70 bits per heavy atom. The first-order chi connectivity index (χ1) is 11.2. The van der Waals surface area contributed by atoms with Gasteiger partial charge in [-0.05, 0) is 30.5 Å². The molecule has 1 aliphatic rings. The minimum atomic E-state index is -0.336. The van der Waals surface area contributed by atoms with Crippen LogP contribution in [-0.4, -0.2) is 30.9 Å². The van der Waals surface area contributed by atoms with Crippen LogP contribution in [0.2, 0.25) is 0 Å². The quantitative estimate of drug-likeness (QED) is 0.681. The molecule has 0 spiro atoms. The Morgan fingerprint density at radius 3 is 2.35 bits per heavy atom. The van der Waals surface area contributed by atoms with E-state index in [0.717, 1.165) is 30.5 Å². The van der Waals surface area contributed by atoms with Crippen molar-refractivity contribution in [3.05, 3.63) is 60.2 Å². The Kier molecular flexibility index (Phi) is 4.83. The molecule has 0 aromatic heterocycles. The Bertz CT molecular complexity index is 674. The largest absolute Gasteiger partial charge is 0.456 e. The highest BCUT2D eigenvalue weighted by molar-refractivity contribution is 5.98. The monoisotopic (exact) mass is 309 g/mol. The molecule has 1 atom stereocenters. The average molecular weight is 309 g/mol. The molecule has 118 valence electrons. The lowest BCUT2D eigenvalue weighted by Crippen LogP contribution is -2.33. The van der Waals surface area contributed by atoms with Gasteiger partial charge in [0.15, 0.2) is 12.4 Å². The summed E-state index contributed by atoms with van der Waals surface area (Å²) >= 11 is 0. The smallest absolute Gasteiger partial charge is 0.323 e. The van der Waals surface area contributed by atoms with E-state index in [0.29, 0.717) is 5.56 Å². The maximum atomic E-state index is 12.1. The molecule has 1 N–H and O–H groups in total. The van der Waals surface area contributed by atoms with E-state index in [1.165, 1.54) is 0 Å². The fourth-order valence-corrected chi connectivity index (χ4v) is 2.69. The molecule has 0 amide bonds. The van der Waals surface area contributed by atoms with Crippen molar-refractivity contribution in [1.29, 1.82) is 0 Å². The Hall–Kier alpha value is -2.46. The minimum Gasteiger partial charge on any atom is -0.456 e. The number of benzene rings is 2. The van der Waals surface area contributed by atoms with Crippen LogP contribution in [-0.2, 0) is 9.53 Å². The van der Waals surface area contributed by atoms with Crippen molar-refractivity contribution in [3.8, 4) is 11.1 Å². The molecular weight excluding hydrogens is 290 g/mol. The molecule has 2 aromatic carbocycles. The van der Waals surface area contributed by atoms with E-state index >= 15 is 0 Å². The highest BCUT2D eigenvalue weighted by Crippen LogP contribution is 2.19. The maximum Gasteiger partial charge on any atom is 0.323 e. The number of ketones is 1. The fourth-order valence-electron chi connectivity index (χ4n) is 2.69. The summed E-state index contributed by atoms with van der Waals surface area (Å²) in [5, 5.41) is 3.06. The number of nitrogens with one attached hydrogen (secondary N) is 1. The first-order valence-corrected chi connectivity index (χ1v) is 7.83. The second-order valence-electron chi connectivity index (χ2n) is 5.62. The van der Waals surface area contributed by atoms with Gasteiger partial charge in [-0.3, -0.25) is 9.59 Å². The van der Waals surface area contributed by atoms with Crippen LogP contribution in [0.5, 0.6) is 0 Å². The van der Waals surface area contributed by atoms with Gasteiger partial charge in [0.05, 0.1) is 0 Å². The van der Waals surface area contributed by atoms with Crippen molar-refractivity contribution in [2.24, 2.45) is 0 Å². The highest BCUT2D eigenvalue weighted by atomic mass is 16.5. The van der Waals surface area contributed by atoms with E-state index < -0.39 is 0 Å². The van der Waals surface area contributed by atoms with Gasteiger partial charge >= 0.3 is 5.97 Å². The predicted octanol–water partition coefficient (Wildman–Crippen LogP) is 2.83. The molecule has 1 heterocycles. The summed E-state index contributed by atoms with van der Waals surface area (Å²) in [5.74, 6) is -0.521. The van der Waals surface area contributed by atoms with Gasteiger partial charge in [-0.1, -0.05) is 54.6 Å². The van der Waals surface area contributed by atoms with Crippen LogP contribution in [0.3, 0.4) is 0 Å². The highest BCUT2D eigenvalue weighted by Gasteiger charge is 2.24. The first-order valence-electron chi connectivity index (χ1n) is 7.83. The summed E-state index contributed by atoms with van der Waals surface area (Å²) < 4.78 is 5.11. The van der Waals surface area contributed by atoms with Gasteiger partial charge in [0.2, 0.25) is 0 Å². The normalized spacial score (nSPS) is 17.0. The summed E-state index contributed by atoms with van der Waals surface area (Å²) in [6.07, 6.45) is 1.74. The molecule has 3 rings (SSSR count). The third kappa shape index (κ3) is 3.85. The number of rotatable bonds is 5. The van der Waals surface area contributed by atoms with Crippen LogP contribution in [0, 0.1) is 0 Å². The first kappa shape index (κ1) is 15.4. The number of esters is 1. The standard InChI is InChI=1S/C19H19NO3/c21-18(13-23-19(22)17-7-4-12-20-17)16-10-8-15(9-11-16)14-5-2-1-3-6-14/h1-3,5-6,8-11,17,20H,4,7,12-13H2/t17-/m0/s1. The minimum absolute atomic E-state index is 0.184. The predicted molar refractivity (Wildman–Crippen MR) is 88.2 cm³/mol. The Morgan fingerprint density at radius 1 is 1.00 bits per heavy atom. The summed E-state index contributed by atoms with van der Waals surface area (Å²) in [6.45, 7) is 0.621. The van der Waals surface area contributed by atoms with Crippen molar-refractivity contribution in [2.75, 3.05) is 13.2 Å². The zero-order valence-electron chi connectivity index (χ0n) is 12.8. The topological polar surface area (TPSA) is 55.4 Å². The molecule has 2 aromatic rings. The summed E-state index contributed by atoms with van der Waals surface area (Å²) in [5.41, 5.74) is 2.70. The molecule has 4 heteroatoms. The Labute approximate surface area is 135 Å². The van der Waals surface area contributed by atoms with Crippen molar-refractivity contribution in [1.82, 2.24) is 5.32 Å². The number of carbonyl (C=O) groups is 2. The van der Waals surface area contributed by atoms with Crippen LogP contribution in [0.4, 0.5) is 0 Å². The van der Waals surface area contributed by atoms with Crippen molar-refractivity contribution in [3.63, 3.8) is 0 Å². The molecular formula is C19H19NO3. The molecule has 23 heavy (non-hydrogen) atoms. The molecule has 0 bridgehead atoms. The van der Waals surface area contributed by atoms with Crippen LogP contribution in [0.1, 0.15) is 23.2 Å². The zero-order valence-corrected chi connectivity index (χ0v) is 12.8. The maximum absolute atomic E-state index is 12.1. The fraction of sp³-hybridized carbons (Fsp3) is 0.263. The van der Waals surface area contributed by atoms with Crippen molar-refractivity contribution in [2.45, 2.75) is 18.9 Å². The number of hydrogen-bond donors (Lipinski definition) is 1. The van der Waals surface area contributed by atoms with Gasteiger partial charge in [-0.15, -0.1) is 0 Å². The van der Waals surface area contributed by atoms with Crippen LogP contribution < -0.4 is 5.32 Å². The van der Waals surface area contributed by atoms with E-state index in [2.05, 4.69) is 5.32 Å². The van der Waals surface area contributed by atoms with E-state index in [9.17, 15) is 9.59 Å². The van der Waals surface area contributed by atoms with E-state index in [1.807, 2.05) is 42.5 Å². The lowest BCUT2D eigenvalue weighted by Gasteiger charge is -2.10. The molecule has 0 saturated carbocycles. The molecule has 0 radical (unpaired) electrons. The van der Waals surface area contributed by atoms with Crippen LogP contribution >= 0.6 is 0 Å². The average Bonchev–Trinajstić information content (AvgIpc) is 3.15. The van der Waals surface area contributed by atoms with Gasteiger partial charge in [0.25, 0.3) is 0 Å². The molecule has 1 saturated heterocycles. The summed E-state index contributed by atoms with van der Waals surface area (Å²) in [4.78, 5) is 23.9. The van der Waals surface area contributed by atoms with E-state index in [4.69, 9.17) is 4.74 Å². The second-order valence-corrected chi connectivity index (χ2v) is 5.62. The van der Waals surface area contributed by atoms with Gasteiger partial charge in [-0.25, -0.2) is 0 Å². The molecule has 0 unspecified atom stereocenters. The molecule has 4 nitrogen and oxygen atoms in total. The lowest BCUT2D eigenvalue weighted by molar-refractivity contribution is -0.144. The number of carbonyl (C=O) groups excluding carboxylic acids is 2. The molecule has 0 aliphatic carbocycles. The van der Waals surface area contributed by atoms with E-state index in [-0.39, 0.29) is 24.4 Å². The van der Waals surface area contributed by atoms with Crippen LogP contribution in [0.15, 0.2) is 54.6 Å². The molecule has 1 aliphatic heterocycles. The van der Waals surface area contributed by atoms with Gasteiger partial charge in [0, 0.05) is 5.56 Å². The van der Waals surface area contributed by atoms with Gasteiger partial charge in [0.1, 0.15) is 6.04 Å². The van der Waals surface area contributed by atoms with Crippen LogP contribution in [0.25, 0.3) is 11.1 Å². The third-order valence-corrected chi connectivity index (χ3v) is 4.00. The zero-order chi connectivity index (χ0) is 16.1. The van der Waals surface area contributed by atoms with E-state index in [1.54, 1.807) is 12.1 Å². The lowest BCUT2D eigenvalue weighted by atomic mass is 10.0. The number of hydrogen-bond acceptors (Lipinski definition) is 4. The molecule has 1 fully saturated rings. The third-order valence-electron chi connectivity index (χ3n) is 4.00. The van der Waals surface area contributed by atoms with Gasteiger partial charge < -0.3 is 10.1 Å². The SMILES string of the molecule is O=C(COC(=O)[C@@H]1CCCN1)c1ccc(-c2ccccc2)cc1. The Balaban J connectivity index is 1.58. The number of ether oxygens (including phenoxy) is 1. The summed E-state index contributed by atoms with van der Waals surface area (Å²) in [6, 6.07) is 17.1. The van der Waals surface area contributed by atoms with Crippen molar-refractivity contribution >= 4 is 11.8 Å².